The maximum absolute atomic E-state index is 11.7. The van der Waals surface area contributed by atoms with Crippen LogP contribution in [0.25, 0.3) is 0 Å². The standard InChI is InChI=1S/C9H15N5O3S/c1-3-11-8(15)6-14-18(16,17)7-4-12-9(10-2)13-5-7/h4-5,14H,3,6H2,1-2H3,(H,11,15)(H,10,12,13). The van der Waals surface area contributed by atoms with Crippen LogP contribution in [0.15, 0.2) is 17.3 Å². The van der Waals surface area contributed by atoms with Crippen LogP contribution in [0.5, 0.6) is 0 Å². The van der Waals surface area contributed by atoms with Gasteiger partial charge in [0.15, 0.2) is 0 Å². The van der Waals surface area contributed by atoms with E-state index in [1.54, 1.807) is 14.0 Å². The molecule has 1 heterocycles. The summed E-state index contributed by atoms with van der Waals surface area (Å²) in [5.74, 6) is -0.0773. The van der Waals surface area contributed by atoms with Crippen LogP contribution < -0.4 is 15.4 Å². The molecule has 0 aliphatic heterocycles. The predicted octanol–water partition coefficient (Wildman–Crippen LogP) is -1.07. The van der Waals surface area contributed by atoms with E-state index in [0.717, 1.165) is 0 Å². The summed E-state index contributed by atoms with van der Waals surface area (Å²) in [5.41, 5.74) is 0. The first kappa shape index (κ1) is 14.3. The second kappa shape index (κ2) is 6.26. The molecule has 0 spiro atoms. The van der Waals surface area contributed by atoms with Crippen LogP contribution in [0, 0.1) is 0 Å². The lowest BCUT2D eigenvalue weighted by atomic mass is 10.6. The number of nitrogens with zero attached hydrogens (tertiary/aromatic N) is 2. The molecule has 0 aliphatic rings. The molecule has 0 saturated carbocycles. The van der Waals surface area contributed by atoms with Crippen molar-refractivity contribution in [2.75, 3.05) is 25.5 Å². The van der Waals surface area contributed by atoms with E-state index in [-0.39, 0.29) is 11.4 Å². The minimum atomic E-state index is -3.76. The Labute approximate surface area is 105 Å². The molecule has 0 atom stereocenters. The van der Waals surface area contributed by atoms with E-state index in [1.165, 1.54) is 12.4 Å². The van der Waals surface area contributed by atoms with Crippen molar-refractivity contribution in [1.29, 1.82) is 0 Å². The largest absolute Gasteiger partial charge is 0.357 e. The highest BCUT2D eigenvalue weighted by atomic mass is 32.2. The highest BCUT2D eigenvalue weighted by Gasteiger charge is 2.16. The number of carbonyl (C=O) groups is 1. The molecule has 0 saturated heterocycles. The summed E-state index contributed by atoms with van der Waals surface area (Å²) in [5, 5.41) is 5.15. The fraction of sp³-hybridized carbons (Fsp3) is 0.444. The molecule has 8 nitrogen and oxygen atoms in total. The Morgan fingerprint density at radius 3 is 2.44 bits per heavy atom. The van der Waals surface area contributed by atoms with Crippen molar-refractivity contribution in [3.8, 4) is 0 Å². The van der Waals surface area contributed by atoms with Crippen molar-refractivity contribution in [3.63, 3.8) is 0 Å². The van der Waals surface area contributed by atoms with Crippen LogP contribution in [0.3, 0.4) is 0 Å². The summed E-state index contributed by atoms with van der Waals surface area (Å²) in [4.78, 5) is 18.6. The molecule has 1 aromatic heterocycles. The molecule has 1 aromatic rings. The van der Waals surface area contributed by atoms with Gasteiger partial charge in [0.05, 0.1) is 18.9 Å². The van der Waals surface area contributed by atoms with Gasteiger partial charge >= 0.3 is 0 Å². The van der Waals surface area contributed by atoms with Gasteiger partial charge in [-0.1, -0.05) is 0 Å². The third-order valence-corrected chi connectivity index (χ3v) is 3.31. The number of carbonyl (C=O) groups excluding carboxylic acids is 1. The Morgan fingerprint density at radius 2 is 1.94 bits per heavy atom. The van der Waals surface area contributed by atoms with Gasteiger partial charge in [-0.3, -0.25) is 4.79 Å². The minimum absolute atomic E-state index is 0.0919. The molecule has 1 rings (SSSR count). The topological polar surface area (TPSA) is 113 Å². The maximum atomic E-state index is 11.7. The van der Waals surface area contributed by atoms with Gasteiger partial charge in [-0.2, -0.15) is 0 Å². The number of anilines is 1. The van der Waals surface area contributed by atoms with Crippen molar-refractivity contribution in [2.24, 2.45) is 0 Å². The number of aromatic nitrogens is 2. The van der Waals surface area contributed by atoms with Gasteiger partial charge in [0.1, 0.15) is 4.90 Å². The molecule has 1 amide bonds. The average molecular weight is 273 g/mol. The van der Waals surface area contributed by atoms with Gasteiger partial charge < -0.3 is 10.6 Å². The molecule has 0 aromatic carbocycles. The van der Waals surface area contributed by atoms with E-state index < -0.39 is 15.9 Å². The second-order valence-corrected chi connectivity index (χ2v) is 5.04. The zero-order valence-corrected chi connectivity index (χ0v) is 10.9. The van der Waals surface area contributed by atoms with Crippen LogP contribution in [0.1, 0.15) is 6.92 Å². The first-order chi connectivity index (χ1) is 8.49. The van der Waals surface area contributed by atoms with Gasteiger partial charge in [-0.25, -0.2) is 23.1 Å². The van der Waals surface area contributed by atoms with Crippen LogP contribution in [0.2, 0.25) is 0 Å². The van der Waals surface area contributed by atoms with Gasteiger partial charge in [0.2, 0.25) is 21.9 Å². The lowest BCUT2D eigenvalue weighted by Gasteiger charge is -2.06. The smallest absolute Gasteiger partial charge is 0.244 e. The van der Waals surface area contributed by atoms with E-state index in [4.69, 9.17) is 0 Å². The van der Waals surface area contributed by atoms with Crippen LogP contribution >= 0.6 is 0 Å². The van der Waals surface area contributed by atoms with Gasteiger partial charge in [0, 0.05) is 13.6 Å². The maximum Gasteiger partial charge on any atom is 0.244 e. The first-order valence-corrected chi connectivity index (χ1v) is 6.74. The summed E-state index contributed by atoms with van der Waals surface area (Å²) in [7, 11) is -2.14. The van der Waals surface area contributed by atoms with Gasteiger partial charge in [-0.15, -0.1) is 0 Å². The predicted molar refractivity (Wildman–Crippen MR) is 65.5 cm³/mol. The Morgan fingerprint density at radius 1 is 1.33 bits per heavy atom. The second-order valence-electron chi connectivity index (χ2n) is 3.27. The van der Waals surface area contributed by atoms with Crippen molar-refractivity contribution in [3.05, 3.63) is 12.4 Å². The number of sulfonamides is 1. The zero-order chi connectivity index (χ0) is 13.6. The monoisotopic (exact) mass is 273 g/mol. The molecule has 18 heavy (non-hydrogen) atoms. The Kier molecular flexibility index (Phi) is 4.98. The lowest BCUT2D eigenvalue weighted by molar-refractivity contribution is -0.119. The van der Waals surface area contributed by atoms with Gasteiger partial charge in [-0.05, 0) is 6.92 Å². The van der Waals surface area contributed by atoms with Crippen molar-refractivity contribution < 1.29 is 13.2 Å². The number of rotatable bonds is 6. The van der Waals surface area contributed by atoms with E-state index in [1.807, 2.05) is 0 Å². The summed E-state index contributed by atoms with van der Waals surface area (Å²) in [6.45, 7) is 1.88. The van der Waals surface area contributed by atoms with E-state index in [0.29, 0.717) is 12.5 Å². The Balaban J connectivity index is 2.70. The number of nitrogens with one attached hydrogen (secondary N) is 3. The molecule has 100 valence electrons. The molecular formula is C9H15N5O3S. The number of likely N-dealkylation sites (N-methyl/N-ethyl adjacent to an activating group) is 1. The molecule has 0 fully saturated rings. The molecule has 3 N–H and O–H groups in total. The molecule has 0 radical (unpaired) electrons. The molecular weight excluding hydrogens is 258 g/mol. The third kappa shape index (κ3) is 3.93. The van der Waals surface area contributed by atoms with Crippen molar-refractivity contribution in [2.45, 2.75) is 11.8 Å². The van der Waals surface area contributed by atoms with Crippen LogP contribution in [-0.2, 0) is 14.8 Å². The molecule has 0 aliphatic carbocycles. The summed E-state index contributed by atoms with van der Waals surface area (Å²) >= 11 is 0. The minimum Gasteiger partial charge on any atom is -0.357 e. The number of hydrogen-bond donors (Lipinski definition) is 3. The third-order valence-electron chi connectivity index (χ3n) is 1.96. The molecule has 0 unspecified atom stereocenters. The van der Waals surface area contributed by atoms with Crippen molar-refractivity contribution >= 4 is 21.9 Å². The van der Waals surface area contributed by atoms with Crippen LogP contribution in [0.4, 0.5) is 5.95 Å². The fourth-order valence-electron chi connectivity index (χ4n) is 1.09. The van der Waals surface area contributed by atoms with E-state index in [9.17, 15) is 13.2 Å². The average Bonchev–Trinajstić information content (AvgIpc) is 2.37. The summed E-state index contributed by atoms with van der Waals surface area (Å²) in [6, 6.07) is 0. The first-order valence-electron chi connectivity index (χ1n) is 5.25. The zero-order valence-electron chi connectivity index (χ0n) is 10.1. The van der Waals surface area contributed by atoms with Crippen LogP contribution in [-0.4, -0.2) is 44.4 Å². The fourth-order valence-corrected chi connectivity index (χ4v) is 1.96. The summed E-state index contributed by atoms with van der Waals surface area (Å²) in [6.07, 6.45) is 2.33. The lowest BCUT2D eigenvalue weighted by Crippen LogP contribution is -2.36. The SMILES string of the molecule is CCNC(=O)CNS(=O)(=O)c1cnc(NC)nc1. The van der Waals surface area contributed by atoms with Gasteiger partial charge in [0.25, 0.3) is 0 Å². The normalized spacial score (nSPS) is 11.0. The number of hydrogen-bond acceptors (Lipinski definition) is 6. The highest BCUT2D eigenvalue weighted by molar-refractivity contribution is 7.89. The number of amides is 1. The highest BCUT2D eigenvalue weighted by Crippen LogP contribution is 2.06. The quantitative estimate of drug-likeness (QED) is 0.608. The van der Waals surface area contributed by atoms with E-state index >= 15 is 0 Å². The Bertz CT molecular complexity index is 499. The Hall–Kier alpha value is -1.74. The van der Waals surface area contributed by atoms with E-state index in [2.05, 4.69) is 25.3 Å². The molecule has 0 bridgehead atoms. The van der Waals surface area contributed by atoms with Crippen molar-refractivity contribution in [1.82, 2.24) is 20.0 Å². The summed E-state index contributed by atoms with van der Waals surface area (Å²) < 4.78 is 25.7. The molecule has 9 heteroatoms.